The molecule has 0 aliphatic heterocycles. The first-order chi connectivity index (χ1) is 9.26. The monoisotopic (exact) mass is 256 g/mol. The predicted molar refractivity (Wildman–Crippen MR) is 78.5 cm³/mol. The van der Waals surface area contributed by atoms with Crippen LogP contribution in [0.25, 0.3) is 10.9 Å². The lowest BCUT2D eigenvalue weighted by molar-refractivity contribution is 0.108. The minimum absolute atomic E-state index is 0.401. The SMILES string of the molecule is COC1CCC(Nc2nc3ccccc3cc2C)C1. The zero-order valence-corrected chi connectivity index (χ0v) is 11.5. The molecule has 3 heteroatoms. The molecule has 1 aliphatic carbocycles. The minimum atomic E-state index is 0.401. The molecule has 1 saturated carbocycles. The van der Waals surface area contributed by atoms with E-state index in [1.165, 1.54) is 10.9 Å². The standard InChI is InChI=1S/C16H20N2O/c1-11-9-12-5-3-4-6-15(12)18-16(11)17-13-7-8-14(10-13)19-2/h3-6,9,13-14H,7-8,10H2,1-2H3,(H,17,18). The van der Waals surface area contributed by atoms with Gasteiger partial charge in [0.1, 0.15) is 5.82 Å². The van der Waals surface area contributed by atoms with Crippen molar-refractivity contribution in [3.63, 3.8) is 0 Å². The Kier molecular flexibility index (Phi) is 3.38. The van der Waals surface area contributed by atoms with Gasteiger partial charge in [0, 0.05) is 18.5 Å². The van der Waals surface area contributed by atoms with E-state index in [1.807, 2.05) is 6.07 Å². The van der Waals surface area contributed by atoms with Crippen LogP contribution < -0.4 is 5.32 Å². The van der Waals surface area contributed by atoms with Crippen LogP contribution >= 0.6 is 0 Å². The Bertz CT molecular complexity index is 582. The maximum absolute atomic E-state index is 5.42. The third kappa shape index (κ3) is 2.56. The number of pyridine rings is 1. The number of hydrogen-bond donors (Lipinski definition) is 1. The van der Waals surface area contributed by atoms with E-state index in [0.29, 0.717) is 12.1 Å². The lowest BCUT2D eigenvalue weighted by Crippen LogP contribution is -2.18. The second-order valence-electron chi connectivity index (χ2n) is 5.36. The maximum atomic E-state index is 5.42. The lowest BCUT2D eigenvalue weighted by Gasteiger charge is -2.16. The molecule has 1 N–H and O–H groups in total. The molecule has 0 saturated heterocycles. The Balaban J connectivity index is 1.83. The van der Waals surface area contributed by atoms with Gasteiger partial charge < -0.3 is 10.1 Å². The van der Waals surface area contributed by atoms with Crippen LogP contribution in [0.5, 0.6) is 0 Å². The molecule has 0 bridgehead atoms. The van der Waals surface area contributed by atoms with Crippen molar-refractivity contribution in [1.82, 2.24) is 4.98 Å². The number of para-hydroxylation sites is 1. The molecular weight excluding hydrogens is 236 g/mol. The number of aromatic nitrogens is 1. The lowest BCUT2D eigenvalue weighted by atomic mass is 10.1. The molecule has 1 aromatic heterocycles. The van der Waals surface area contributed by atoms with Gasteiger partial charge >= 0.3 is 0 Å². The van der Waals surface area contributed by atoms with Crippen molar-refractivity contribution < 1.29 is 4.74 Å². The molecule has 3 nitrogen and oxygen atoms in total. The molecule has 1 aromatic carbocycles. The molecule has 2 unspecified atom stereocenters. The first kappa shape index (κ1) is 12.4. The zero-order chi connectivity index (χ0) is 13.2. The second-order valence-corrected chi connectivity index (χ2v) is 5.36. The van der Waals surface area contributed by atoms with E-state index >= 15 is 0 Å². The number of fused-ring (bicyclic) bond motifs is 1. The number of nitrogens with one attached hydrogen (secondary N) is 1. The van der Waals surface area contributed by atoms with E-state index in [4.69, 9.17) is 9.72 Å². The summed E-state index contributed by atoms with van der Waals surface area (Å²) in [5.74, 6) is 1.01. The summed E-state index contributed by atoms with van der Waals surface area (Å²) < 4.78 is 5.42. The van der Waals surface area contributed by atoms with Gasteiger partial charge in [-0.3, -0.25) is 0 Å². The number of rotatable bonds is 3. The van der Waals surface area contributed by atoms with Crippen LogP contribution in [0.4, 0.5) is 5.82 Å². The number of aryl methyl sites for hydroxylation is 1. The number of benzene rings is 1. The van der Waals surface area contributed by atoms with Crippen molar-refractivity contribution in [1.29, 1.82) is 0 Å². The van der Waals surface area contributed by atoms with Crippen LogP contribution in [-0.4, -0.2) is 24.2 Å². The summed E-state index contributed by atoms with van der Waals surface area (Å²) in [6.07, 6.45) is 3.77. The van der Waals surface area contributed by atoms with Gasteiger partial charge in [-0.05, 0) is 43.9 Å². The zero-order valence-electron chi connectivity index (χ0n) is 11.5. The van der Waals surface area contributed by atoms with Crippen LogP contribution in [0, 0.1) is 6.92 Å². The molecule has 0 radical (unpaired) electrons. The fourth-order valence-corrected chi connectivity index (χ4v) is 2.85. The van der Waals surface area contributed by atoms with Crippen LogP contribution in [0.15, 0.2) is 30.3 Å². The fourth-order valence-electron chi connectivity index (χ4n) is 2.85. The normalized spacial score (nSPS) is 22.8. The Morgan fingerprint density at radius 2 is 2.11 bits per heavy atom. The highest BCUT2D eigenvalue weighted by Gasteiger charge is 2.24. The summed E-state index contributed by atoms with van der Waals surface area (Å²) in [5.41, 5.74) is 2.26. The number of anilines is 1. The molecule has 2 atom stereocenters. The van der Waals surface area contributed by atoms with Gasteiger partial charge in [0.05, 0.1) is 11.6 Å². The van der Waals surface area contributed by atoms with Crippen LogP contribution in [-0.2, 0) is 4.74 Å². The largest absolute Gasteiger partial charge is 0.381 e. The van der Waals surface area contributed by atoms with E-state index in [2.05, 4.69) is 36.5 Å². The summed E-state index contributed by atoms with van der Waals surface area (Å²) in [6, 6.07) is 10.9. The van der Waals surface area contributed by atoms with Crippen molar-refractivity contribution in [2.45, 2.75) is 38.3 Å². The summed E-state index contributed by atoms with van der Waals surface area (Å²) in [6.45, 7) is 2.12. The Morgan fingerprint density at radius 3 is 2.89 bits per heavy atom. The average Bonchev–Trinajstić information content (AvgIpc) is 2.87. The Morgan fingerprint density at radius 1 is 1.26 bits per heavy atom. The third-order valence-electron chi connectivity index (χ3n) is 3.97. The van der Waals surface area contributed by atoms with Gasteiger partial charge in [-0.15, -0.1) is 0 Å². The van der Waals surface area contributed by atoms with Crippen LogP contribution in [0.3, 0.4) is 0 Å². The van der Waals surface area contributed by atoms with Gasteiger partial charge in [0.25, 0.3) is 0 Å². The van der Waals surface area contributed by atoms with Gasteiger partial charge in [-0.1, -0.05) is 18.2 Å². The second kappa shape index (κ2) is 5.17. The van der Waals surface area contributed by atoms with E-state index < -0.39 is 0 Å². The van der Waals surface area contributed by atoms with Crippen molar-refractivity contribution in [3.8, 4) is 0 Å². The van der Waals surface area contributed by atoms with E-state index in [1.54, 1.807) is 7.11 Å². The number of ether oxygens (including phenoxy) is 1. The first-order valence-electron chi connectivity index (χ1n) is 6.92. The van der Waals surface area contributed by atoms with E-state index in [0.717, 1.165) is 30.6 Å². The molecule has 0 amide bonds. The van der Waals surface area contributed by atoms with Crippen molar-refractivity contribution >= 4 is 16.7 Å². The van der Waals surface area contributed by atoms with E-state index in [-0.39, 0.29) is 0 Å². The first-order valence-corrected chi connectivity index (χ1v) is 6.92. The molecule has 1 fully saturated rings. The summed E-state index contributed by atoms with van der Waals surface area (Å²) in [4.78, 5) is 4.74. The topological polar surface area (TPSA) is 34.1 Å². The fraction of sp³-hybridized carbons (Fsp3) is 0.438. The molecule has 100 valence electrons. The number of hydrogen-bond acceptors (Lipinski definition) is 3. The van der Waals surface area contributed by atoms with Gasteiger partial charge in [0.2, 0.25) is 0 Å². The molecule has 1 heterocycles. The third-order valence-corrected chi connectivity index (χ3v) is 3.97. The minimum Gasteiger partial charge on any atom is -0.381 e. The predicted octanol–water partition coefficient (Wildman–Crippen LogP) is 3.52. The van der Waals surface area contributed by atoms with Crippen molar-refractivity contribution in [2.75, 3.05) is 12.4 Å². The average molecular weight is 256 g/mol. The van der Waals surface area contributed by atoms with Crippen molar-refractivity contribution in [3.05, 3.63) is 35.9 Å². The summed E-state index contributed by atoms with van der Waals surface area (Å²) in [7, 11) is 1.80. The van der Waals surface area contributed by atoms with Gasteiger partial charge in [0.15, 0.2) is 0 Å². The maximum Gasteiger partial charge on any atom is 0.129 e. The smallest absolute Gasteiger partial charge is 0.129 e. The molecule has 19 heavy (non-hydrogen) atoms. The van der Waals surface area contributed by atoms with E-state index in [9.17, 15) is 0 Å². The highest BCUT2D eigenvalue weighted by Crippen LogP contribution is 2.26. The summed E-state index contributed by atoms with van der Waals surface area (Å²) >= 11 is 0. The van der Waals surface area contributed by atoms with Crippen LogP contribution in [0.2, 0.25) is 0 Å². The number of methoxy groups -OCH3 is 1. The molecule has 1 aliphatic rings. The highest BCUT2D eigenvalue weighted by atomic mass is 16.5. The van der Waals surface area contributed by atoms with Gasteiger partial charge in [-0.2, -0.15) is 0 Å². The van der Waals surface area contributed by atoms with Gasteiger partial charge in [-0.25, -0.2) is 4.98 Å². The molecular formula is C16H20N2O. The molecule has 0 spiro atoms. The van der Waals surface area contributed by atoms with Crippen LogP contribution in [0.1, 0.15) is 24.8 Å². The quantitative estimate of drug-likeness (QED) is 0.912. The Hall–Kier alpha value is -1.61. The Labute approximate surface area is 114 Å². The number of nitrogens with zero attached hydrogens (tertiary/aromatic N) is 1. The van der Waals surface area contributed by atoms with Crippen molar-refractivity contribution in [2.24, 2.45) is 0 Å². The molecule has 3 rings (SSSR count). The molecule has 2 aromatic rings. The highest BCUT2D eigenvalue weighted by molar-refractivity contribution is 5.81. The summed E-state index contributed by atoms with van der Waals surface area (Å²) in [5, 5.41) is 4.78.